The van der Waals surface area contributed by atoms with Crippen LogP contribution in [0.3, 0.4) is 0 Å². The van der Waals surface area contributed by atoms with Gasteiger partial charge in [0.15, 0.2) is 0 Å². The Hall–Kier alpha value is -3.51. The summed E-state index contributed by atoms with van der Waals surface area (Å²) in [5.74, 6) is -0.156. The molecule has 2 fully saturated rings. The van der Waals surface area contributed by atoms with Crippen LogP contribution < -0.4 is 10.1 Å². The van der Waals surface area contributed by atoms with E-state index >= 15 is 0 Å². The number of hydrogen-bond donors (Lipinski definition) is 2. The second-order valence-corrected chi connectivity index (χ2v) is 14.8. The minimum absolute atomic E-state index is 0.00640. The molecule has 3 atom stereocenters. The number of hydrogen-bond acceptors (Lipinski definition) is 9. The van der Waals surface area contributed by atoms with Gasteiger partial charge in [0.2, 0.25) is 17.6 Å². The van der Waals surface area contributed by atoms with Gasteiger partial charge in [0.05, 0.1) is 12.6 Å². The second-order valence-electron chi connectivity index (χ2n) is 13.9. The molecular weight excluding hydrogens is 632 g/mol. The number of aromatic nitrogens is 1. The molecule has 1 aromatic carbocycles. The van der Waals surface area contributed by atoms with Crippen LogP contribution in [-0.4, -0.2) is 88.1 Å². The van der Waals surface area contributed by atoms with Gasteiger partial charge in [-0.05, 0) is 90.7 Å². The highest BCUT2D eigenvalue weighted by Gasteiger charge is 2.41. The zero-order valence-electron chi connectivity index (χ0n) is 29.0. The second kappa shape index (κ2) is 17.2. The number of likely N-dealkylation sites (tertiary alicyclic amines) is 1. The fourth-order valence-corrected chi connectivity index (χ4v) is 7.20. The Kier molecular flexibility index (Phi) is 13.4. The van der Waals surface area contributed by atoms with Crippen molar-refractivity contribution in [2.24, 2.45) is 5.92 Å². The van der Waals surface area contributed by atoms with Crippen molar-refractivity contribution in [3.8, 4) is 5.75 Å². The molecule has 0 spiro atoms. The number of unbranched alkanes of at least 4 members (excludes halogenated alkanes) is 2. The molecule has 0 bridgehead atoms. The number of benzene rings is 1. The van der Waals surface area contributed by atoms with E-state index in [1.807, 2.05) is 11.0 Å². The summed E-state index contributed by atoms with van der Waals surface area (Å²) in [6.07, 6.45) is 8.10. The standard InChI is InChI=1S/C36H52N4O7S/c1-24(39(5)35(45)47-36(2,3)4)32(43)38-30(25-14-8-6-9-15-25)34(44)40-19-13-18-29(40)33-37-28(23-48-33)31(42)26-16-12-17-27(22-26)46-21-11-7-10-20-41/h12,16-17,22-25,29-30,41H,6-11,13-15,18-21H2,1-5H3,(H,38,43)/t24?,29-,30?/m0/s1. The van der Waals surface area contributed by atoms with E-state index in [0.717, 1.165) is 64.2 Å². The maximum absolute atomic E-state index is 14.3. The Labute approximate surface area is 288 Å². The molecule has 2 aliphatic rings. The molecular formula is C36H52N4O7S. The number of ketones is 1. The number of nitrogens with zero attached hydrogens (tertiary/aromatic N) is 3. The van der Waals surface area contributed by atoms with E-state index in [1.54, 1.807) is 51.3 Å². The minimum Gasteiger partial charge on any atom is -0.494 e. The van der Waals surface area contributed by atoms with E-state index in [4.69, 9.17) is 19.6 Å². The minimum atomic E-state index is -0.837. The van der Waals surface area contributed by atoms with Gasteiger partial charge >= 0.3 is 6.09 Å². The van der Waals surface area contributed by atoms with E-state index in [2.05, 4.69) is 5.32 Å². The predicted molar refractivity (Wildman–Crippen MR) is 184 cm³/mol. The lowest BCUT2D eigenvalue weighted by Gasteiger charge is -2.36. The van der Waals surface area contributed by atoms with Gasteiger partial charge in [0.25, 0.3) is 0 Å². The van der Waals surface area contributed by atoms with Gasteiger partial charge in [-0.2, -0.15) is 0 Å². The molecule has 1 saturated carbocycles. The summed E-state index contributed by atoms with van der Waals surface area (Å²) < 4.78 is 11.3. The molecule has 2 heterocycles. The lowest BCUT2D eigenvalue weighted by atomic mass is 9.83. The van der Waals surface area contributed by atoms with Crippen molar-refractivity contribution < 1.29 is 33.8 Å². The molecule has 0 radical (unpaired) electrons. The molecule has 264 valence electrons. The van der Waals surface area contributed by atoms with Gasteiger partial charge in [-0.1, -0.05) is 31.4 Å². The highest BCUT2D eigenvalue weighted by Crippen LogP contribution is 2.37. The van der Waals surface area contributed by atoms with Crippen LogP contribution in [0.4, 0.5) is 4.79 Å². The van der Waals surface area contributed by atoms with Gasteiger partial charge in [0.1, 0.15) is 34.1 Å². The quantitative estimate of drug-likeness (QED) is 0.185. The van der Waals surface area contributed by atoms with Gasteiger partial charge in [-0.25, -0.2) is 9.78 Å². The van der Waals surface area contributed by atoms with Gasteiger partial charge in [0, 0.05) is 31.1 Å². The Morgan fingerprint density at radius 2 is 1.83 bits per heavy atom. The van der Waals surface area contributed by atoms with Gasteiger partial charge in [-0.15, -0.1) is 11.3 Å². The Morgan fingerprint density at radius 3 is 2.54 bits per heavy atom. The summed E-state index contributed by atoms with van der Waals surface area (Å²) >= 11 is 1.37. The number of rotatable bonds is 14. The molecule has 2 aromatic rings. The van der Waals surface area contributed by atoms with Crippen LogP contribution in [0.25, 0.3) is 0 Å². The van der Waals surface area contributed by atoms with Crippen LogP contribution in [0.1, 0.15) is 119 Å². The molecule has 3 amide bonds. The molecule has 11 nitrogen and oxygen atoms in total. The number of ether oxygens (including phenoxy) is 2. The van der Waals surface area contributed by atoms with Crippen molar-refractivity contribution in [2.75, 3.05) is 26.8 Å². The lowest BCUT2D eigenvalue weighted by molar-refractivity contribution is -0.140. The number of aliphatic hydroxyl groups excluding tert-OH is 1. The number of carbonyl (C=O) groups excluding carboxylic acids is 4. The monoisotopic (exact) mass is 684 g/mol. The van der Waals surface area contributed by atoms with E-state index in [9.17, 15) is 19.2 Å². The topological polar surface area (TPSA) is 138 Å². The molecule has 2 N–H and O–H groups in total. The summed E-state index contributed by atoms with van der Waals surface area (Å²) in [7, 11) is 1.53. The van der Waals surface area contributed by atoms with E-state index in [1.165, 1.54) is 23.3 Å². The maximum atomic E-state index is 14.3. The maximum Gasteiger partial charge on any atom is 0.410 e. The number of thiazole rings is 1. The average Bonchev–Trinajstić information content (AvgIpc) is 3.76. The first-order chi connectivity index (χ1) is 22.9. The third-order valence-electron chi connectivity index (χ3n) is 9.07. The lowest BCUT2D eigenvalue weighted by Crippen LogP contribution is -2.56. The first-order valence-electron chi connectivity index (χ1n) is 17.3. The van der Waals surface area contributed by atoms with Crippen LogP contribution in [0.2, 0.25) is 0 Å². The normalized spacial score (nSPS) is 18.2. The van der Waals surface area contributed by atoms with Crippen molar-refractivity contribution >= 4 is 35.0 Å². The molecule has 4 rings (SSSR count). The number of likely N-dealkylation sites (N-methyl/N-ethyl adjacent to an activating group) is 1. The predicted octanol–water partition coefficient (Wildman–Crippen LogP) is 5.90. The third kappa shape index (κ3) is 10.0. The van der Waals surface area contributed by atoms with Crippen LogP contribution in [0, 0.1) is 5.92 Å². The van der Waals surface area contributed by atoms with Crippen molar-refractivity contribution in [1.82, 2.24) is 20.1 Å². The highest BCUT2D eigenvalue weighted by molar-refractivity contribution is 7.10. The van der Waals surface area contributed by atoms with Crippen LogP contribution in [-0.2, 0) is 14.3 Å². The van der Waals surface area contributed by atoms with Gasteiger partial charge < -0.3 is 24.8 Å². The summed E-state index contributed by atoms with van der Waals surface area (Å²) in [6, 6.07) is 5.21. The highest BCUT2D eigenvalue weighted by atomic mass is 32.1. The van der Waals surface area contributed by atoms with Crippen LogP contribution in [0.5, 0.6) is 5.75 Å². The molecule has 48 heavy (non-hydrogen) atoms. The number of nitrogens with one attached hydrogen (secondary N) is 1. The number of carbonyl (C=O) groups is 4. The van der Waals surface area contributed by atoms with E-state index in [-0.39, 0.29) is 30.3 Å². The Balaban J connectivity index is 1.46. The average molecular weight is 685 g/mol. The fourth-order valence-electron chi connectivity index (χ4n) is 6.26. The first kappa shape index (κ1) is 37.3. The van der Waals surface area contributed by atoms with Crippen LogP contribution in [0.15, 0.2) is 29.6 Å². The van der Waals surface area contributed by atoms with Crippen molar-refractivity contribution in [3.63, 3.8) is 0 Å². The summed E-state index contributed by atoms with van der Waals surface area (Å²) in [5.41, 5.74) is 0.0994. The fraction of sp³-hybridized carbons (Fsp3) is 0.639. The largest absolute Gasteiger partial charge is 0.494 e. The number of amides is 3. The SMILES string of the molecule is CC(C(=O)NC(C(=O)N1CCC[C@H]1c1nc(C(=O)c2cccc(OCCCCCO)c2)cs1)C1CCCCC1)N(C)C(=O)OC(C)(C)C. The van der Waals surface area contributed by atoms with Crippen molar-refractivity contribution in [1.29, 1.82) is 0 Å². The summed E-state index contributed by atoms with van der Waals surface area (Å²) in [4.78, 5) is 61.7. The summed E-state index contributed by atoms with van der Waals surface area (Å²) in [5, 5.41) is 14.4. The molecule has 1 aromatic heterocycles. The zero-order valence-corrected chi connectivity index (χ0v) is 29.9. The summed E-state index contributed by atoms with van der Waals surface area (Å²) in [6.45, 7) is 8.16. The van der Waals surface area contributed by atoms with Gasteiger partial charge in [-0.3, -0.25) is 19.3 Å². The smallest absolute Gasteiger partial charge is 0.410 e. The molecule has 1 aliphatic carbocycles. The van der Waals surface area contributed by atoms with E-state index in [0.29, 0.717) is 35.2 Å². The molecule has 12 heteroatoms. The molecule has 2 unspecified atom stereocenters. The van der Waals surface area contributed by atoms with Crippen molar-refractivity contribution in [3.05, 3.63) is 45.9 Å². The van der Waals surface area contributed by atoms with Crippen LogP contribution >= 0.6 is 11.3 Å². The number of aliphatic hydroxyl groups is 1. The Bertz CT molecular complexity index is 1400. The first-order valence-corrected chi connectivity index (χ1v) is 18.2. The molecule has 1 saturated heterocycles. The van der Waals surface area contributed by atoms with E-state index < -0.39 is 29.7 Å². The zero-order chi connectivity index (χ0) is 34.8. The van der Waals surface area contributed by atoms with Crippen molar-refractivity contribution in [2.45, 2.75) is 116 Å². The molecule has 1 aliphatic heterocycles. The third-order valence-corrected chi connectivity index (χ3v) is 10.0. The Morgan fingerprint density at radius 1 is 1.08 bits per heavy atom.